The Kier molecular flexibility index (Phi) is 5.52. The largest absolute Gasteiger partial charge is 0.465 e. The van der Waals surface area contributed by atoms with E-state index in [-0.39, 0.29) is 6.61 Å². The smallest absolute Gasteiger partial charge is 0.337 e. The third kappa shape index (κ3) is 4.10. The normalized spacial score (nSPS) is 10.8. The lowest BCUT2D eigenvalue weighted by molar-refractivity contribution is -0.138. The van der Waals surface area contributed by atoms with Gasteiger partial charge in [0.25, 0.3) is 0 Å². The molecule has 0 aliphatic heterocycles. The van der Waals surface area contributed by atoms with Crippen molar-refractivity contribution in [2.75, 3.05) is 7.11 Å². The topological polar surface area (TPSA) is 70.4 Å². The second-order valence-electron chi connectivity index (χ2n) is 5.34. The van der Waals surface area contributed by atoms with Gasteiger partial charge >= 0.3 is 11.9 Å². The Morgan fingerprint density at radius 2 is 1.88 bits per heavy atom. The first kappa shape index (κ1) is 17.5. The van der Waals surface area contributed by atoms with E-state index in [1.807, 2.05) is 20.9 Å². The summed E-state index contributed by atoms with van der Waals surface area (Å²) in [5.74, 6) is -0.835. The summed E-state index contributed by atoms with van der Waals surface area (Å²) in [7, 11) is 3.19. The van der Waals surface area contributed by atoms with E-state index in [2.05, 4.69) is 9.84 Å². The molecule has 126 valence electrons. The summed E-state index contributed by atoms with van der Waals surface area (Å²) in [6, 6.07) is 6.71. The quantitative estimate of drug-likeness (QED) is 0.623. The van der Waals surface area contributed by atoms with Crippen molar-refractivity contribution in [3.63, 3.8) is 0 Å². The molecule has 0 aliphatic carbocycles. The van der Waals surface area contributed by atoms with Gasteiger partial charge < -0.3 is 9.47 Å². The van der Waals surface area contributed by atoms with Crippen molar-refractivity contribution in [3.8, 4) is 0 Å². The predicted octanol–water partition coefficient (Wildman–Crippen LogP) is 2.58. The number of esters is 2. The Balaban J connectivity index is 1.93. The number of aryl methyl sites for hydroxylation is 2. The molecule has 0 amide bonds. The average Bonchev–Trinajstić information content (AvgIpc) is 2.83. The first-order chi connectivity index (χ1) is 11.4. The van der Waals surface area contributed by atoms with Crippen molar-refractivity contribution in [1.29, 1.82) is 0 Å². The number of carbonyl (C=O) groups is 2. The van der Waals surface area contributed by atoms with Crippen LogP contribution in [0.1, 0.15) is 32.9 Å². The molecule has 0 N–H and O–H groups in total. The molecule has 1 aromatic carbocycles. The van der Waals surface area contributed by atoms with Crippen molar-refractivity contribution in [2.24, 2.45) is 7.05 Å². The monoisotopic (exact) mass is 328 g/mol. The van der Waals surface area contributed by atoms with Crippen molar-refractivity contribution < 1.29 is 19.1 Å². The zero-order valence-corrected chi connectivity index (χ0v) is 14.2. The highest BCUT2D eigenvalue weighted by Gasteiger charge is 2.08. The van der Waals surface area contributed by atoms with Gasteiger partial charge in [0.05, 0.1) is 18.4 Å². The maximum atomic E-state index is 11.8. The van der Waals surface area contributed by atoms with Crippen LogP contribution in [-0.2, 0) is 27.9 Å². The van der Waals surface area contributed by atoms with Gasteiger partial charge in [-0.1, -0.05) is 12.1 Å². The number of ether oxygens (including phenoxy) is 2. The van der Waals surface area contributed by atoms with Crippen LogP contribution in [0.3, 0.4) is 0 Å². The molecule has 24 heavy (non-hydrogen) atoms. The lowest BCUT2D eigenvalue weighted by Crippen LogP contribution is -2.03. The lowest BCUT2D eigenvalue weighted by atomic mass is 10.1. The first-order valence-corrected chi connectivity index (χ1v) is 7.44. The average molecular weight is 328 g/mol. The summed E-state index contributed by atoms with van der Waals surface area (Å²) < 4.78 is 11.6. The van der Waals surface area contributed by atoms with Crippen LogP contribution in [0.5, 0.6) is 0 Å². The van der Waals surface area contributed by atoms with Crippen LogP contribution in [0.25, 0.3) is 6.08 Å². The van der Waals surface area contributed by atoms with E-state index in [0.717, 1.165) is 22.5 Å². The molecule has 0 saturated heterocycles. The van der Waals surface area contributed by atoms with E-state index < -0.39 is 11.9 Å². The summed E-state index contributed by atoms with van der Waals surface area (Å²) in [6.45, 7) is 3.96. The van der Waals surface area contributed by atoms with Gasteiger partial charge in [0.1, 0.15) is 6.61 Å². The Hall–Kier alpha value is -2.89. The van der Waals surface area contributed by atoms with E-state index in [4.69, 9.17) is 4.74 Å². The number of nitrogens with zero attached hydrogens (tertiary/aromatic N) is 2. The maximum absolute atomic E-state index is 11.8. The van der Waals surface area contributed by atoms with Gasteiger partial charge in [-0.15, -0.1) is 0 Å². The molecule has 0 fully saturated rings. The van der Waals surface area contributed by atoms with Gasteiger partial charge in [0.2, 0.25) is 0 Å². The standard InChI is InChI=1S/C18H20N2O4/c1-12-16(13(2)20(3)19-12)9-10-17(21)24-11-14-5-7-15(8-6-14)18(22)23-4/h5-10H,11H2,1-4H3/b10-9+. The number of hydrogen-bond donors (Lipinski definition) is 0. The van der Waals surface area contributed by atoms with Crippen molar-refractivity contribution in [3.05, 3.63) is 58.4 Å². The molecular formula is C18H20N2O4. The van der Waals surface area contributed by atoms with Gasteiger partial charge in [-0.25, -0.2) is 9.59 Å². The summed E-state index contributed by atoms with van der Waals surface area (Å²) in [5.41, 5.74) is 4.00. The van der Waals surface area contributed by atoms with Crippen LogP contribution in [0.15, 0.2) is 30.3 Å². The zero-order valence-electron chi connectivity index (χ0n) is 14.2. The van der Waals surface area contributed by atoms with Gasteiger partial charge in [-0.05, 0) is 37.6 Å². The third-order valence-corrected chi connectivity index (χ3v) is 3.71. The van der Waals surface area contributed by atoms with Crippen molar-refractivity contribution in [1.82, 2.24) is 9.78 Å². The molecule has 6 heteroatoms. The fourth-order valence-electron chi connectivity index (χ4n) is 2.24. The van der Waals surface area contributed by atoms with E-state index in [9.17, 15) is 9.59 Å². The Morgan fingerprint density at radius 3 is 2.42 bits per heavy atom. The minimum Gasteiger partial charge on any atom is -0.465 e. The molecular weight excluding hydrogens is 308 g/mol. The molecule has 1 aromatic heterocycles. The highest BCUT2D eigenvalue weighted by Crippen LogP contribution is 2.14. The van der Waals surface area contributed by atoms with Crippen LogP contribution in [0.4, 0.5) is 0 Å². The molecule has 2 rings (SSSR count). The SMILES string of the molecule is COC(=O)c1ccc(COC(=O)/C=C/c2c(C)nn(C)c2C)cc1. The summed E-state index contributed by atoms with van der Waals surface area (Å²) in [5, 5.41) is 4.29. The van der Waals surface area contributed by atoms with Crippen molar-refractivity contribution in [2.45, 2.75) is 20.5 Å². The number of methoxy groups -OCH3 is 1. The van der Waals surface area contributed by atoms with Gasteiger partial charge in [-0.3, -0.25) is 4.68 Å². The molecule has 0 unspecified atom stereocenters. The molecule has 2 aromatic rings. The maximum Gasteiger partial charge on any atom is 0.337 e. The number of aromatic nitrogens is 2. The van der Waals surface area contributed by atoms with Gasteiger partial charge in [-0.2, -0.15) is 5.10 Å². The second kappa shape index (κ2) is 7.59. The molecule has 1 heterocycles. The van der Waals surface area contributed by atoms with Crippen LogP contribution in [0.2, 0.25) is 0 Å². The van der Waals surface area contributed by atoms with E-state index in [0.29, 0.717) is 5.56 Å². The number of benzene rings is 1. The molecule has 0 saturated carbocycles. The molecule has 0 atom stereocenters. The Labute approximate surface area is 140 Å². The fourth-order valence-corrected chi connectivity index (χ4v) is 2.24. The summed E-state index contributed by atoms with van der Waals surface area (Å²) >= 11 is 0. The van der Waals surface area contributed by atoms with Crippen LogP contribution < -0.4 is 0 Å². The van der Waals surface area contributed by atoms with E-state index >= 15 is 0 Å². The summed E-state index contributed by atoms with van der Waals surface area (Å²) in [4.78, 5) is 23.2. The first-order valence-electron chi connectivity index (χ1n) is 7.44. The number of hydrogen-bond acceptors (Lipinski definition) is 5. The Bertz CT molecular complexity index is 773. The van der Waals surface area contributed by atoms with Crippen molar-refractivity contribution >= 4 is 18.0 Å². The molecule has 0 aliphatic rings. The highest BCUT2D eigenvalue weighted by atomic mass is 16.5. The second-order valence-corrected chi connectivity index (χ2v) is 5.34. The molecule has 0 radical (unpaired) electrons. The minimum atomic E-state index is -0.435. The zero-order chi connectivity index (χ0) is 17.7. The van der Waals surface area contributed by atoms with E-state index in [1.54, 1.807) is 35.0 Å². The number of rotatable bonds is 5. The highest BCUT2D eigenvalue weighted by molar-refractivity contribution is 5.89. The van der Waals surface area contributed by atoms with E-state index in [1.165, 1.54) is 13.2 Å². The van der Waals surface area contributed by atoms with Gasteiger partial charge in [0, 0.05) is 24.4 Å². The fraction of sp³-hybridized carbons (Fsp3) is 0.278. The molecule has 6 nitrogen and oxygen atoms in total. The van der Waals surface area contributed by atoms with Crippen LogP contribution in [0, 0.1) is 13.8 Å². The minimum absolute atomic E-state index is 0.135. The van der Waals surface area contributed by atoms with Gasteiger partial charge in [0.15, 0.2) is 0 Å². The van der Waals surface area contributed by atoms with Crippen LogP contribution in [-0.4, -0.2) is 28.8 Å². The third-order valence-electron chi connectivity index (χ3n) is 3.71. The summed E-state index contributed by atoms with van der Waals surface area (Å²) in [6.07, 6.45) is 3.10. The van der Waals surface area contributed by atoms with Crippen LogP contribution >= 0.6 is 0 Å². The lowest BCUT2D eigenvalue weighted by Gasteiger charge is -2.04. The predicted molar refractivity (Wildman–Crippen MR) is 89.3 cm³/mol. The number of carbonyl (C=O) groups excluding carboxylic acids is 2. The Morgan fingerprint density at radius 1 is 1.21 bits per heavy atom. The molecule has 0 bridgehead atoms. The molecule has 0 spiro atoms.